The van der Waals surface area contributed by atoms with E-state index in [0.717, 1.165) is 19.4 Å². The van der Waals surface area contributed by atoms with Crippen molar-refractivity contribution in [1.29, 1.82) is 0 Å². The molecule has 2 rings (SSSR count). The van der Waals surface area contributed by atoms with E-state index in [9.17, 15) is 9.59 Å². The fraction of sp³-hybridized carbons (Fsp3) is 0.467. The first-order chi connectivity index (χ1) is 10.5. The number of nitrogens with one attached hydrogen (secondary N) is 1. The van der Waals surface area contributed by atoms with Crippen LogP contribution < -0.4 is 5.32 Å². The smallest absolute Gasteiger partial charge is 0.310 e. The van der Waals surface area contributed by atoms with Gasteiger partial charge in [0, 0.05) is 13.2 Å². The van der Waals surface area contributed by atoms with Gasteiger partial charge in [0.25, 0.3) is 5.91 Å². The van der Waals surface area contributed by atoms with Crippen molar-refractivity contribution < 1.29 is 19.1 Å². The summed E-state index contributed by atoms with van der Waals surface area (Å²) in [5, 5.41) is 3.48. The zero-order valence-corrected chi connectivity index (χ0v) is 13.5. The number of hydrogen-bond donors (Lipinski definition) is 1. The van der Waals surface area contributed by atoms with Crippen molar-refractivity contribution in [1.82, 2.24) is 5.32 Å². The van der Waals surface area contributed by atoms with Crippen LogP contribution in [0.5, 0.6) is 0 Å². The van der Waals surface area contributed by atoms with E-state index in [0.29, 0.717) is 22.2 Å². The lowest BCUT2D eigenvalue weighted by Crippen LogP contribution is -2.35. The maximum absolute atomic E-state index is 11.7. The molecule has 0 aromatic heterocycles. The molecule has 1 aliphatic rings. The predicted octanol–water partition coefficient (Wildman–Crippen LogP) is 2.37. The highest BCUT2D eigenvalue weighted by molar-refractivity contribution is 6.42. The fourth-order valence-electron chi connectivity index (χ4n) is 2.10. The molecule has 1 aromatic rings. The van der Waals surface area contributed by atoms with Crippen molar-refractivity contribution in [2.24, 2.45) is 0 Å². The zero-order chi connectivity index (χ0) is 15.9. The third-order valence-corrected chi connectivity index (χ3v) is 3.99. The summed E-state index contributed by atoms with van der Waals surface area (Å²) in [6.45, 7) is 0.884. The maximum Gasteiger partial charge on any atom is 0.310 e. The SMILES string of the molecule is O=C(COC(=O)Cc1ccc(Cl)c(Cl)c1)NC[C@@H]1CCCO1. The van der Waals surface area contributed by atoms with Gasteiger partial charge in [0.05, 0.1) is 22.6 Å². The van der Waals surface area contributed by atoms with Gasteiger partial charge in [-0.1, -0.05) is 29.3 Å². The molecule has 1 fully saturated rings. The van der Waals surface area contributed by atoms with Gasteiger partial charge in [-0.05, 0) is 30.5 Å². The van der Waals surface area contributed by atoms with Gasteiger partial charge < -0.3 is 14.8 Å². The molecule has 1 amide bonds. The van der Waals surface area contributed by atoms with E-state index < -0.39 is 5.97 Å². The third kappa shape index (κ3) is 5.48. The van der Waals surface area contributed by atoms with E-state index in [4.69, 9.17) is 32.7 Å². The molecular weight excluding hydrogens is 329 g/mol. The van der Waals surface area contributed by atoms with Crippen molar-refractivity contribution in [3.63, 3.8) is 0 Å². The summed E-state index contributed by atoms with van der Waals surface area (Å²) in [6, 6.07) is 4.90. The summed E-state index contributed by atoms with van der Waals surface area (Å²) < 4.78 is 10.3. The van der Waals surface area contributed by atoms with Gasteiger partial charge in [-0.2, -0.15) is 0 Å². The summed E-state index contributed by atoms with van der Waals surface area (Å²) in [4.78, 5) is 23.2. The third-order valence-electron chi connectivity index (χ3n) is 3.25. The molecule has 1 aliphatic heterocycles. The molecule has 7 heteroatoms. The van der Waals surface area contributed by atoms with Crippen LogP contribution in [0.15, 0.2) is 18.2 Å². The molecule has 0 bridgehead atoms. The van der Waals surface area contributed by atoms with Crippen molar-refractivity contribution in [3.8, 4) is 0 Å². The molecule has 1 N–H and O–H groups in total. The summed E-state index contributed by atoms with van der Waals surface area (Å²) in [6.07, 6.45) is 2.06. The average molecular weight is 346 g/mol. The number of carbonyl (C=O) groups is 2. The van der Waals surface area contributed by atoms with Gasteiger partial charge >= 0.3 is 5.97 Å². The lowest BCUT2D eigenvalue weighted by molar-refractivity contribution is -0.148. The Bertz CT molecular complexity index is 544. The zero-order valence-electron chi connectivity index (χ0n) is 11.9. The van der Waals surface area contributed by atoms with Gasteiger partial charge in [0.1, 0.15) is 0 Å². The molecule has 1 heterocycles. The quantitative estimate of drug-likeness (QED) is 0.804. The molecule has 1 aromatic carbocycles. The lowest BCUT2D eigenvalue weighted by Gasteiger charge is -2.11. The molecule has 120 valence electrons. The Morgan fingerprint density at radius 2 is 2.14 bits per heavy atom. The molecular formula is C15H17Cl2NO4. The Hall–Kier alpha value is -1.30. The van der Waals surface area contributed by atoms with E-state index in [2.05, 4.69) is 5.32 Å². The number of esters is 1. The van der Waals surface area contributed by atoms with Crippen LogP contribution in [0.3, 0.4) is 0 Å². The minimum absolute atomic E-state index is 0.0376. The average Bonchev–Trinajstić information content (AvgIpc) is 3.00. The van der Waals surface area contributed by atoms with E-state index in [1.54, 1.807) is 18.2 Å². The Balaban J connectivity index is 1.68. The number of halogens is 2. The Kier molecular flexibility index (Phi) is 6.49. The highest BCUT2D eigenvalue weighted by atomic mass is 35.5. The molecule has 0 spiro atoms. The first-order valence-electron chi connectivity index (χ1n) is 7.02. The highest BCUT2D eigenvalue weighted by Crippen LogP contribution is 2.22. The van der Waals surface area contributed by atoms with E-state index in [1.807, 2.05) is 0 Å². The minimum Gasteiger partial charge on any atom is -0.455 e. The number of ether oxygens (including phenoxy) is 2. The van der Waals surface area contributed by atoms with Crippen molar-refractivity contribution >= 4 is 35.1 Å². The van der Waals surface area contributed by atoms with Crippen LogP contribution in [0.2, 0.25) is 10.0 Å². The molecule has 5 nitrogen and oxygen atoms in total. The minimum atomic E-state index is -0.495. The van der Waals surface area contributed by atoms with Gasteiger partial charge in [-0.25, -0.2) is 0 Å². The maximum atomic E-state index is 11.7. The molecule has 0 unspecified atom stereocenters. The number of hydrogen-bond acceptors (Lipinski definition) is 4. The molecule has 1 atom stereocenters. The number of rotatable bonds is 6. The number of carbonyl (C=O) groups excluding carboxylic acids is 2. The second-order valence-corrected chi connectivity index (χ2v) is 5.84. The summed E-state index contributed by atoms with van der Waals surface area (Å²) in [5.74, 6) is -0.830. The van der Waals surface area contributed by atoms with Gasteiger partial charge in [-0.15, -0.1) is 0 Å². The van der Waals surface area contributed by atoms with Crippen LogP contribution in [-0.4, -0.2) is 37.7 Å². The van der Waals surface area contributed by atoms with E-state index in [-0.39, 0.29) is 25.0 Å². The van der Waals surface area contributed by atoms with Crippen molar-refractivity contribution in [3.05, 3.63) is 33.8 Å². The van der Waals surface area contributed by atoms with Crippen LogP contribution in [-0.2, 0) is 25.5 Å². The predicted molar refractivity (Wildman–Crippen MR) is 83.1 cm³/mol. The van der Waals surface area contributed by atoms with Gasteiger partial charge in [0.2, 0.25) is 0 Å². The van der Waals surface area contributed by atoms with Gasteiger partial charge in [-0.3, -0.25) is 9.59 Å². The normalized spacial score (nSPS) is 17.3. The number of benzene rings is 1. The second kappa shape index (κ2) is 8.36. The van der Waals surface area contributed by atoms with Crippen LogP contribution in [0.25, 0.3) is 0 Å². The topological polar surface area (TPSA) is 64.6 Å². The van der Waals surface area contributed by atoms with E-state index in [1.165, 1.54) is 0 Å². The van der Waals surface area contributed by atoms with Crippen LogP contribution in [0, 0.1) is 0 Å². The summed E-state index contributed by atoms with van der Waals surface area (Å²) in [7, 11) is 0. The highest BCUT2D eigenvalue weighted by Gasteiger charge is 2.16. The monoisotopic (exact) mass is 345 g/mol. The van der Waals surface area contributed by atoms with Crippen LogP contribution in [0.4, 0.5) is 0 Å². The van der Waals surface area contributed by atoms with E-state index >= 15 is 0 Å². The van der Waals surface area contributed by atoms with Crippen LogP contribution >= 0.6 is 23.2 Å². The fourth-order valence-corrected chi connectivity index (χ4v) is 2.42. The summed E-state index contributed by atoms with van der Waals surface area (Å²) >= 11 is 11.7. The standard InChI is InChI=1S/C15H17Cl2NO4/c16-12-4-3-10(6-13(12)17)7-15(20)22-9-14(19)18-8-11-2-1-5-21-11/h3-4,6,11H,1-2,5,7-9H2,(H,18,19)/t11-/m0/s1. The second-order valence-electron chi connectivity index (χ2n) is 5.03. The number of amides is 1. The van der Waals surface area contributed by atoms with Crippen molar-refractivity contribution in [2.75, 3.05) is 19.8 Å². The first kappa shape index (κ1) is 17.1. The van der Waals surface area contributed by atoms with Crippen molar-refractivity contribution in [2.45, 2.75) is 25.4 Å². The molecule has 0 radical (unpaired) electrons. The Morgan fingerprint density at radius 1 is 1.32 bits per heavy atom. The largest absolute Gasteiger partial charge is 0.455 e. The Labute approximate surface area is 138 Å². The van der Waals surface area contributed by atoms with Crippen LogP contribution in [0.1, 0.15) is 18.4 Å². The first-order valence-corrected chi connectivity index (χ1v) is 7.78. The molecule has 0 aliphatic carbocycles. The summed E-state index contributed by atoms with van der Waals surface area (Å²) in [5.41, 5.74) is 0.680. The molecule has 0 saturated carbocycles. The lowest BCUT2D eigenvalue weighted by atomic mass is 10.1. The van der Waals surface area contributed by atoms with Gasteiger partial charge in [0.15, 0.2) is 6.61 Å². The molecule has 1 saturated heterocycles. The molecule has 22 heavy (non-hydrogen) atoms. The Morgan fingerprint density at radius 3 is 2.82 bits per heavy atom.